The molecule has 3 heterocycles. The van der Waals surface area contributed by atoms with Crippen LogP contribution in [0.4, 0.5) is 0 Å². The van der Waals surface area contributed by atoms with E-state index in [-0.39, 0.29) is 11.9 Å². The molecular weight excluding hydrogens is 382 g/mol. The van der Waals surface area contributed by atoms with Crippen LogP contribution in [0.25, 0.3) is 5.69 Å². The van der Waals surface area contributed by atoms with Crippen LogP contribution in [0.3, 0.4) is 0 Å². The van der Waals surface area contributed by atoms with Crippen molar-refractivity contribution in [2.75, 3.05) is 19.7 Å². The number of carbonyl (C=O) groups excluding carboxylic acids is 2. The summed E-state index contributed by atoms with van der Waals surface area (Å²) in [6.07, 6.45) is 8.95. The standard InChI is InChI=1S/C22H25N5O3/c1-3-30-22(29)20-14-24-27(16(20)2)19-6-4-17(5-7-19)21(28)25-11-8-18(9-12-25)26-13-10-23-15-26/h4-7,10,13-15,18H,3,8-9,11-12H2,1-2H3. The van der Waals surface area contributed by atoms with Gasteiger partial charge in [-0.05, 0) is 51.0 Å². The highest BCUT2D eigenvalue weighted by molar-refractivity contribution is 5.94. The molecule has 0 aliphatic carbocycles. The molecule has 0 saturated carbocycles. The van der Waals surface area contributed by atoms with Gasteiger partial charge in [-0.25, -0.2) is 14.5 Å². The molecule has 1 fully saturated rings. The number of hydrogen-bond acceptors (Lipinski definition) is 5. The Hall–Kier alpha value is -3.42. The van der Waals surface area contributed by atoms with E-state index in [1.807, 2.05) is 48.6 Å². The topological polar surface area (TPSA) is 82.2 Å². The maximum absolute atomic E-state index is 12.9. The highest BCUT2D eigenvalue weighted by Crippen LogP contribution is 2.24. The van der Waals surface area contributed by atoms with Gasteiger partial charge in [-0.3, -0.25) is 4.79 Å². The largest absolute Gasteiger partial charge is 0.462 e. The highest BCUT2D eigenvalue weighted by atomic mass is 16.5. The number of hydrogen-bond donors (Lipinski definition) is 0. The maximum atomic E-state index is 12.9. The van der Waals surface area contributed by atoms with Crippen LogP contribution in [-0.4, -0.2) is 55.8 Å². The van der Waals surface area contributed by atoms with Gasteiger partial charge in [-0.1, -0.05) is 0 Å². The molecule has 0 bridgehead atoms. The molecule has 1 aromatic carbocycles. The molecule has 2 aromatic heterocycles. The second-order valence-corrected chi connectivity index (χ2v) is 7.36. The first-order valence-corrected chi connectivity index (χ1v) is 10.2. The molecule has 0 atom stereocenters. The molecule has 1 aliphatic rings. The number of carbonyl (C=O) groups is 2. The smallest absolute Gasteiger partial charge is 0.341 e. The fourth-order valence-corrected chi connectivity index (χ4v) is 3.86. The second kappa shape index (κ2) is 8.52. The monoisotopic (exact) mass is 407 g/mol. The maximum Gasteiger partial charge on any atom is 0.341 e. The van der Waals surface area contributed by atoms with Crippen molar-refractivity contribution in [3.8, 4) is 5.69 Å². The summed E-state index contributed by atoms with van der Waals surface area (Å²) in [6.45, 7) is 5.37. The van der Waals surface area contributed by atoms with E-state index in [0.717, 1.165) is 31.6 Å². The first-order valence-electron chi connectivity index (χ1n) is 10.2. The van der Waals surface area contributed by atoms with Crippen LogP contribution in [0.15, 0.2) is 49.2 Å². The Bertz CT molecular complexity index is 1020. The number of piperidine rings is 1. The van der Waals surface area contributed by atoms with Crippen molar-refractivity contribution in [3.05, 3.63) is 66.0 Å². The van der Waals surface area contributed by atoms with Crippen molar-refractivity contribution in [2.45, 2.75) is 32.7 Å². The van der Waals surface area contributed by atoms with Gasteiger partial charge in [-0.2, -0.15) is 5.10 Å². The van der Waals surface area contributed by atoms with Crippen molar-refractivity contribution >= 4 is 11.9 Å². The lowest BCUT2D eigenvalue weighted by atomic mass is 10.0. The van der Waals surface area contributed by atoms with Crippen molar-refractivity contribution in [3.63, 3.8) is 0 Å². The Morgan fingerprint density at radius 3 is 2.53 bits per heavy atom. The average molecular weight is 407 g/mol. The van der Waals surface area contributed by atoms with Crippen LogP contribution in [0.5, 0.6) is 0 Å². The third kappa shape index (κ3) is 3.85. The number of nitrogens with zero attached hydrogens (tertiary/aromatic N) is 5. The van der Waals surface area contributed by atoms with E-state index in [9.17, 15) is 9.59 Å². The predicted molar refractivity (Wildman–Crippen MR) is 111 cm³/mol. The lowest BCUT2D eigenvalue weighted by Crippen LogP contribution is -2.38. The minimum Gasteiger partial charge on any atom is -0.462 e. The minimum atomic E-state index is -0.382. The van der Waals surface area contributed by atoms with Gasteiger partial charge in [0, 0.05) is 37.1 Å². The van der Waals surface area contributed by atoms with Crippen LogP contribution in [0.1, 0.15) is 52.2 Å². The fraction of sp³-hybridized carbons (Fsp3) is 0.364. The SMILES string of the molecule is CCOC(=O)c1cnn(-c2ccc(C(=O)N3CCC(n4ccnc4)CC3)cc2)c1C. The van der Waals surface area contributed by atoms with Gasteiger partial charge >= 0.3 is 5.97 Å². The quantitative estimate of drug-likeness (QED) is 0.607. The van der Waals surface area contributed by atoms with Gasteiger partial charge < -0.3 is 14.2 Å². The molecule has 0 N–H and O–H groups in total. The Morgan fingerprint density at radius 2 is 1.90 bits per heavy atom. The van der Waals surface area contributed by atoms with Crippen LogP contribution in [0.2, 0.25) is 0 Å². The Balaban J connectivity index is 1.43. The number of imidazole rings is 1. The summed E-state index contributed by atoms with van der Waals surface area (Å²) < 4.78 is 8.86. The third-order valence-electron chi connectivity index (χ3n) is 5.56. The van der Waals surface area contributed by atoms with E-state index in [2.05, 4.69) is 14.6 Å². The second-order valence-electron chi connectivity index (χ2n) is 7.36. The summed E-state index contributed by atoms with van der Waals surface area (Å²) in [5.41, 5.74) is 2.58. The van der Waals surface area contributed by atoms with Crippen LogP contribution in [0, 0.1) is 6.92 Å². The van der Waals surface area contributed by atoms with Crippen molar-refractivity contribution < 1.29 is 14.3 Å². The number of likely N-dealkylation sites (tertiary alicyclic amines) is 1. The van der Waals surface area contributed by atoms with E-state index in [1.54, 1.807) is 17.8 Å². The number of esters is 1. The van der Waals surface area contributed by atoms with Gasteiger partial charge in [0.15, 0.2) is 0 Å². The van der Waals surface area contributed by atoms with Gasteiger partial charge in [-0.15, -0.1) is 0 Å². The molecule has 156 valence electrons. The molecule has 30 heavy (non-hydrogen) atoms. The normalized spacial score (nSPS) is 14.7. The predicted octanol–water partition coefficient (Wildman–Crippen LogP) is 3.03. The summed E-state index contributed by atoms with van der Waals surface area (Å²) >= 11 is 0. The summed E-state index contributed by atoms with van der Waals surface area (Å²) in [4.78, 5) is 30.9. The highest BCUT2D eigenvalue weighted by Gasteiger charge is 2.24. The van der Waals surface area contributed by atoms with Gasteiger partial charge in [0.05, 0.1) is 30.5 Å². The van der Waals surface area contributed by atoms with E-state index >= 15 is 0 Å². The third-order valence-corrected chi connectivity index (χ3v) is 5.56. The zero-order valence-corrected chi connectivity index (χ0v) is 17.2. The van der Waals surface area contributed by atoms with Crippen molar-refractivity contribution in [2.24, 2.45) is 0 Å². The first kappa shape index (κ1) is 19.9. The molecular formula is C22H25N5O3. The molecule has 1 amide bonds. The summed E-state index contributed by atoms with van der Waals surface area (Å²) in [5, 5.41) is 4.30. The number of aromatic nitrogens is 4. The zero-order valence-electron chi connectivity index (χ0n) is 17.2. The lowest BCUT2D eigenvalue weighted by molar-refractivity contribution is 0.0525. The van der Waals surface area contributed by atoms with Crippen molar-refractivity contribution in [1.82, 2.24) is 24.2 Å². The Labute approximate surface area is 175 Å². The molecule has 0 spiro atoms. The van der Waals surface area contributed by atoms with Crippen molar-refractivity contribution in [1.29, 1.82) is 0 Å². The molecule has 8 heteroatoms. The molecule has 4 rings (SSSR count). The lowest BCUT2D eigenvalue weighted by Gasteiger charge is -2.32. The first-order chi connectivity index (χ1) is 14.6. The minimum absolute atomic E-state index is 0.0371. The zero-order chi connectivity index (χ0) is 21.1. The molecule has 1 saturated heterocycles. The van der Waals surface area contributed by atoms with Gasteiger partial charge in [0.2, 0.25) is 0 Å². The molecule has 3 aromatic rings. The molecule has 0 unspecified atom stereocenters. The van der Waals surface area contributed by atoms with E-state index in [0.29, 0.717) is 29.5 Å². The fourth-order valence-electron chi connectivity index (χ4n) is 3.86. The van der Waals surface area contributed by atoms with E-state index in [1.165, 1.54) is 6.20 Å². The molecule has 8 nitrogen and oxygen atoms in total. The molecule has 0 radical (unpaired) electrons. The van der Waals surface area contributed by atoms with E-state index < -0.39 is 0 Å². The number of amides is 1. The van der Waals surface area contributed by atoms with Crippen LogP contribution >= 0.6 is 0 Å². The van der Waals surface area contributed by atoms with Gasteiger partial charge in [0.1, 0.15) is 5.56 Å². The van der Waals surface area contributed by atoms with E-state index in [4.69, 9.17) is 4.74 Å². The number of ether oxygens (including phenoxy) is 1. The Kier molecular flexibility index (Phi) is 5.65. The summed E-state index contributed by atoms with van der Waals surface area (Å²) in [5.74, 6) is -0.345. The van der Waals surface area contributed by atoms with Crippen LogP contribution < -0.4 is 0 Å². The molecule has 1 aliphatic heterocycles. The summed E-state index contributed by atoms with van der Waals surface area (Å²) in [6, 6.07) is 7.71. The Morgan fingerprint density at radius 1 is 1.17 bits per heavy atom. The van der Waals surface area contributed by atoms with Crippen LogP contribution in [-0.2, 0) is 4.74 Å². The number of rotatable bonds is 5. The van der Waals surface area contributed by atoms with Gasteiger partial charge in [0.25, 0.3) is 5.91 Å². The number of benzene rings is 1. The summed E-state index contributed by atoms with van der Waals surface area (Å²) in [7, 11) is 0. The average Bonchev–Trinajstić information content (AvgIpc) is 3.44.